The minimum Gasteiger partial charge on any atom is -0.391 e. The first kappa shape index (κ1) is 25.0. The SMILES string of the molecule is CC(C)=C(C(=O)N1C[C@H](O)C[C@H]1C1=N[C@@](C)(c2ccc(-c3scnc3C)cc2)C(=O)N1)c1nc(C)no1. The van der Waals surface area contributed by atoms with E-state index in [9.17, 15) is 14.7 Å². The molecule has 2 aliphatic rings. The van der Waals surface area contributed by atoms with E-state index in [4.69, 9.17) is 9.52 Å². The molecule has 5 rings (SSSR count). The summed E-state index contributed by atoms with van der Waals surface area (Å²) in [5.41, 5.74) is 4.34. The largest absolute Gasteiger partial charge is 0.391 e. The number of nitrogens with one attached hydrogen (secondary N) is 1. The summed E-state index contributed by atoms with van der Waals surface area (Å²) in [6.07, 6.45) is -0.506. The van der Waals surface area contributed by atoms with E-state index in [1.807, 2.05) is 36.7 Å². The summed E-state index contributed by atoms with van der Waals surface area (Å²) in [5, 5.41) is 17.2. The highest BCUT2D eigenvalue weighted by molar-refractivity contribution is 7.13. The Morgan fingerprint density at radius 1 is 1.24 bits per heavy atom. The average Bonchev–Trinajstić information content (AvgIpc) is 3.62. The maximum Gasteiger partial charge on any atom is 0.263 e. The molecule has 0 bridgehead atoms. The topological polar surface area (TPSA) is 134 Å². The van der Waals surface area contributed by atoms with Crippen LogP contribution >= 0.6 is 11.3 Å². The smallest absolute Gasteiger partial charge is 0.263 e. The molecule has 1 aromatic carbocycles. The van der Waals surface area contributed by atoms with Crippen LogP contribution in [0.1, 0.15) is 50.2 Å². The van der Waals surface area contributed by atoms with Crippen LogP contribution in [0.4, 0.5) is 0 Å². The zero-order chi connectivity index (χ0) is 26.5. The number of carbonyl (C=O) groups is 2. The van der Waals surface area contributed by atoms with Crippen LogP contribution in [0.15, 0.2) is 44.9 Å². The third-order valence-electron chi connectivity index (χ3n) is 6.79. The minimum atomic E-state index is -1.16. The lowest BCUT2D eigenvalue weighted by Gasteiger charge is -2.25. The van der Waals surface area contributed by atoms with Crippen molar-refractivity contribution in [1.29, 1.82) is 0 Å². The van der Waals surface area contributed by atoms with Crippen molar-refractivity contribution in [1.82, 2.24) is 25.3 Å². The number of aliphatic hydroxyl groups excluding tert-OH is 1. The van der Waals surface area contributed by atoms with Gasteiger partial charge in [-0.2, -0.15) is 4.98 Å². The first-order valence-corrected chi connectivity index (χ1v) is 12.9. The molecule has 3 atom stereocenters. The van der Waals surface area contributed by atoms with Crippen LogP contribution in [0, 0.1) is 13.8 Å². The Morgan fingerprint density at radius 3 is 2.57 bits per heavy atom. The zero-order valence-corrected chi connectivity index (χ0v) is 22.1. The lowest BCUT2D eigenvalue weighted by Crippen LogP contribution is -2.46. The van der Waals surface area contributed by atoms with Crippen molar-refractivity contribution in [2.75, 3.05) is 6.54 Å². The summed E-state index contributed by atoms with van der Waals surface area (Å²) in [7, 11) is 0. The molecule has 0 aliphatic carbocycles. The van der Waals surface area contributed by atoms with Crippen molar-refractivity contribution < 1.29 is 19.2 Å². The number of rotatable bonds is 5. The van der Waals surface area contributed by atoms with E-state index < -0.39 is 17.7 Å². The summed E-state index contributed by atoms with van der Waals surface area (Å²) < 4.78 is 5.28. The standard InChI is InChI=1S/C26H28N6O4S/c1-13(2)20(23-28-15(4)31-36-23)24(34)32-11-18(33)10-19(32)22-29-25(35)26(5,30-22)17-8-6-16(7-9-17)21-14(3)27-12-37-21/h6-9,12,18-19,33H,10-11H2,1-5H3,(H,29,30,35)/t18-,19+,26+/m1/s1. The van der Waals surface area contributed by atoms with Crippen LogP contribution in [-0.4, -0.2) is 61.5 Å². The van der Waals surface area contributed by atoms with Crippen molar-refractivity contribution in [3.05, 3.63) is 58.3 Å². The number of thiazole rings is 1. The molecule has 1 fully saturated rings. The normalized spacial score (nSPS) is 23.2. The predicted octanol–water partition coefficient (Wildman–Crippen LogP) is 3.01. The maximum atomic E-state index is 13.7. The van der Waals surface area contributed by atoms with Gasteiger partial charge in [0.2, 0.25) is 0 Å². The van der Waals surface area contributed by atoms with Gasteiger partial charge in [0.05, 0.1) is 28.2 Å². The summed E-state index contributed by atoms with van der Waals surface area (Å²) in [4.78, 5) is 42.8. The Morgan fingerprint density at radius 2 is 1.97 bits per heavy atom. The highest BCUT2D eigenvalue weighted by atomic mass is 32.1. The molecular weight excluding hydrogens is 492 g/mol. The highest BCUT2D eigenvalue weighted by Crippen LogP contribution is 2.35. The number of aromatic nitrogens is 3. The fraction of sp³-hybridized carbons (Fsp3) is 0.385. The molecule has 0 saturated carbocycles. The number of allylic oxidation sites excluding steroid dienone is 1. The number of aliphatic imine (C=N–C) groups is 1. The molecule has 11 heteroatoms. The lowest BCUT2D eigenvalue weighted by molar-refractivity contribution is -0.126. The second kappa shape index (κ2) is 9.31. The van der Waals surface area contributed by atoms with Gasteiger partial charge in [0, 0.05) is 13.0 Å². The Bertz CT molecular complexity index is 1440. The number of β-amino-alcohol motifs (C(OH)–C–C–N with tert-alkyl or cyclic N) is 1. The van der Waals surface area contributed by atoms with Gasteiger partial charge in [-0.3, -0.25) is 9.59 Å². The molecule has 2 N–H and O–H groups in total. The number of amidine groups is 1. The van der Waals surface area contributed by atoms with Crippen LogP contribution in [-0.2, 0) is 15.1 Å². The van der Waals surface area contributed by atoms with E-state index in [0.717, 1.165) is 21.7 Å². The summed E-state index contributed by atoms with van der Waals surface area (Å²) in [5.74, 6) is 0.253. The van der Waals surface area contributed by atoms with Gasteiger partial charge in [0.25, 0.3) is 17.7 Å². The molecule has 37 heavy (non-hydrogen) atoms. The maximum absolute atomic E-state index is 13.7. The van der Waals surface area contributed by atoms with Crippen molar-refractivity contribution in [2.45, 2.75) is 58.7 Å². The third kappa shape index (κ3) is 4.38. The van der Waals surface area contributed by atoms with Crippen molar-refractivity contribution in [3.8, 4) is 10.4 Å². The van der Waals surface area contributed by atoms with Crippen molar-refractivity contribution >= 4 is 34.6 Å². The fourth-order valence-corrected chi connectivity index (χ4v) is 5.61. The molecular formula is C26H28N6O4S. The lowest BCUT2D eigenvalue weighted by atomic mass is 9.91. The second-order valence-corrected chi connectivity index (χ2v) is 10.6. The van der Waals surface area contributed by atoms with Gasteiger partial charge in [0.1, 0.15) is 11.4 Å². The average molecular weight is 521 g/mol. The molecule has 2 aliphatic heterocycles. The Kier molecular flexibility index (Phi) is 6.28. The predicted molar refractivity (Wildman–Crippen MR) is 139 cm³/mol. The number of hydrogen-bond donors (Lipinski definition) is 2. The van der Waals surface area contributed by atoms with Crippen molar-refractivity contribution in [2.24, 2.45) is 4.99 Å². The number of aryl methyl sites for hydroxylation is 2. The Balaban J connectivity index is 1.45. The van der Waals surface area contributed by atoms with E-state index in [-0.39, 0.29) is 36.2 Å². The number of nitrogens with zero attached hydrogens (tertiary/aromatic N) is 5. The molecule has 0 unspecified atom stereocenters. The van der Waals surface area contributed by atoms with Gasteiger partial charge in [-0.15, -0.1) is 11.3 Å². The number of amides is 2. The molecule has 1 saturated heterocycles. The minimum absolute atomic E-state index is 0.0991. The van der Waals surface area contributed by atoms with E-state index >= 15 is 0 Å². The highest BCUT2D eigenvalue weighted by Gasteiger charge is 2.47. The van der Waals surface area contributed by atoms with Gasteiger partial charge in [0.15, 0.2) is 11.4 Å². The van der Waals surface area contributed by atoms with Crippen LogP contribution in [0.5, 0.6) is 0 Å². The van der Waals surface area contributed by atoms with Crippen molar-refractivity contribution in [3.63, 3.8) is 0 Å². The van der Waals surface area contributed by atoms with Gasteiger partial charge in [-0.1, -0.05) is 35.0 Å². The summed E-state index contributed by atoms with van der Waals surface area (Å²) in [6.45, 7) is 9.07. The number of aliphatic hydroxyl groups is 1. The summed E-state index contributed by atoms with van der Waals surface area (Å²) in [6, 6.07) is 7.11. The molecule has 3 aromatic rings. The van der Waals surface area contributed by atoms with E-state index in [2.05, 4.69) is 20.4 Å². The molecule has 0 spiro atoms. The van der Waals surface area contributed by atoms with Gasteiger partial charge in [-0.05, 0) is 45.7 Å². The first-order chi connectivity index (χ1) is 17.6. The second-order valence-electron chi connectivity index (χ2n) is 9.75. The zero-order valence-electron chi connectivity index (χ0n) is 21.3. The van der Waals surface area contributed by atoms with Crippen LogP contribution in [0.3, 0.4) is 0 Å². The molecule has 2 aromatic heterocycles. The molecule has 4 heterocycles. The van der Waals surface area contributed by atoms with E-state index in [1.165, 1.54) is 4.90 Å². The van der Waals surface area contributed by atoms with Crippen LogP contribution < -0.4 is 5.32 Å². The monoisotopic (exact) mass is 520 g/mol. The van der Waals surface area contributed by atoms with Gasteiger partial charge >= 0.3 is 0 Å². The first-order valence-electron chi connectivity index (χ1n) is 12.0. The molecule has 0 radical (unpaired) electrons. The number of likely N-dealkylation sites (tertiary alicyclic amines) is 1. The van der Waals surface area contributed by atoms with Gasteiger partial charge in [-0.25, -0.2) is 9.98 Å². The fourth-order valence-electron chi connectivity index (χ4n) is 4.80. The quantitative estimate of drug-likeness (QED) is 0.494. The molecule has 2 amide bonds. The van der Waals surface area contributed by atoms with E-state index in [1.54, 1.807) is 39.0 Å². The van der Waals surface area contributed by atoms with Gasteiger partial charge < -0.3 is 19.8 Å². The molecule has 10 nitrogen and oxygen atoms in total. The van der Waals surface area contributed by atoms with E-state index in [0.29, 0.717) is 17.2 Å². The Hall–Kier alpha value is -3.70. The number of hydrogen-bond acceptors (Lipinski definition) is 9. The van der Waals surface area contributed by atoms with Crippen LogP contribution in [0.2, 0.25) is 0 Å². The number of carbonyl (C=O) groups excluding carboxylic acids is 2. The number of benzene rings is 1. The Labute approximate surface area is 218 Å². The van der Waals surface area contributed by atoms with Crippen LogP contribution in [0.25, 0.3) is 16.0 Å². The molecule has 192 valence electrons. The summed E-state index contributed by atoms with van der Waals surface area (Å²) >= 11 is 1.57. The third-order valence-corrected chi connectivity index (χ3v) is 7.77.